The van der Waals surface area contributed by atoms with Crippen LogP contribution in [0.2, 0.25) is 0 Å². The summed E-state index contributed by atoms with van der Waals surface area (Å²) in [6.07, 6.45) is 4.36. The minimum Gasteiger partial charge on any atom is -0.325 e. The van der Waals surface area contributed by atoms with Crippen LogP contribution >= 0.6 is 11.8 Å². The van der Waals surface area contributed by atoms with E-state index in [0.717, 1.165) is 34.3 Å². The van der Waals surface area contributed by atoms with Crippen molar-refractivity contribution < 1.29 is 4.79 Å². The minimum atomic E-state index is -0.365. The molecule has 6 nitrogen and oxygen atoms in total. The van der Waals surface area contributed by atoms with Crippen LogP contribution in [0.4, 0.5) is 5.69 Å². The van der Waals surface area contributed by atoms with Crippen LogP contribution in [0.25, 0.3) is 22.2 Å². The van der Waals surface area contributed by atoms with Gasteiger partial charge in [0.15, 0.2) is 11.0 Å². The molecule has 2 heterocycles. The zero-order valence-corrected chi connectivity index (χ0v) is 20.2. The van der Waals surface area contributed by atoms with E-state index in [1.54, 1.807) is 12.4 Å². The number of anilines is 1. The number of nitrogens with one attached hydrogen (secondary N) is 1. The third kappa shape index (κ3) is 5.25. The zero-order valence-electron chi connectivity index (χ0n) is 19.3. The summed E-state index contributed by atoms with van der Waals surface area (Å²) in [5.41, 5.74) is 2.94. The highest BCUT2D eigenvalue weighted by Gasteiger charge is 2.21. The molecule has 35 heavy (non-hydrogen) atoms. The molecule has 0 aliphatic rings. The first-order valence-corrected chi connectivity index (χ1v) is 12.4. The fraction of sp³-hybridized carbons (Fsp3) is 0.143. The maximum absolute atomic E-state index is 13.1. The number of nitrogens with zero attached hydrogens (tertiary/aromatic N) is 4. The van der Waals surface area contributed by atoms with E-state index in [2.05, 4.69) is 37.2 Å². The van der Waals surface area contributed by atoms with Gasteiger partial charge < -0.3 is 9.88 Å². The predicted molar refractivity (Wildman–Crippen MR) is 141 cm³/mol. The summed E-state index contributed by atoms with van der Waals surface area (Å²) in [4.78, 5) is 17.4. The Morgan fingerprint density at radius 3 is 2.57 bits per heavy atom. The van der Waals surface area contributed by atoms with Gasteiger partial charge in [-0.25, -0.2) is 0 Å². The molecular formula is C28H25N5OS. The zero-order chi connectivity index (χ0) is 24.0. The van der Waals surface area contributed by atoms with E-state index < -0.39 is 0 Å². The number of aryl methyl sites for hydroxylation is 1. The van der Waals surface area contributed by atoms with Gasteiger partial charge >= 0.3 is 0 Å². The monoisotopic (exact) mass is 479 g/mol. The van der Waals surface area contributed by atoms with Crippen LogP contribution < -0.4 is 5.32 Å². The minimum absolute atomic E-state index is 0.0770. The van der Waals surface area contributed by atoms with Gasteiger partial charge in [-0.05, 0) is 42.5 Å². The van der Waals surface area contributed by atoms with Gasteiger partial charge in [-0.3, -0.25) is 9.78 Å². The summed E-state index contributed by atoms with van der Waals surface area (Å²) in [5, 5.41) is 14.5. The van der Waals surface area contributed by atoms with Crippen molar-refractivity contribution in [2.24, 2.45) is 0 Å². The molecule has 5 aromatic rings. The molecule has 1 amide bonds. The van der Waals surface area contributed by atoms with E-state index in [-0.39, 0.29) is 11.2 Å². The van der Waals surface area contributed by atoms with Crippen LogP contribution in [0.1, 0.15) is 12.5 Å². The van der Waals surface area contributed by atoms with Crippen LogP contribution in [-0.4, -0.2) is 30.9 Å². The second-order valence-corrected chi connectivity index (χ2v) is 9.52. The van der Waals surface area contributed by atoms with E-state index >= 15 is 0 Å². The highest BCUT2D eigenvalue weighted by molar-refractivity contribution is 8.00. The standard InChI is InChI=1S/C28H25N5OS/c1-20(27(34)30-25-15-7-12-22-11-5-6-14-24(22)25)35-28-32-31-26(23-13-8-17-29-19-23)33(28)18-16-21-9-3-2-4-10-21/h2-15,17,19-20H,16,18H2,1H3,(H,30,34)/t20-/m0/s1. The van der Waals surface area contributed by atoms with Gasteiger partial charge in [0, 0.05) is 35.6 Å². The van der Waals surface area contributed by atoms with Crippen LogP contribution in [-0.2, 0) is 17.8 Å². The lowest BCUT2D eigenvalue weighted by atomic mass is 10.1. The second-order valence-electron chi connectivity index (χ2n) is 8.21. The number of carbonyl (C=O) groups excluding carboxylic acids is 1. The predicted octanol–water partition coefficient (Wildman–Crippen LogP) is 5.86. The van der Waals surface area contributed by atoms with Crippen molar-refractivity contribution in [3.05, 3.63) is 103 Å². The largest absolute Gasteiger partial charge is 0.325 e. The Labute approximate surface area is 208 Å². The summed E-state index contributed by atoms with van der Waals surface area (Å²) in [7, 11) is 0. The summed E-state index contributed by atoms with van der Waals surface area (Å²) in [6, 6.07) is 28.1. The van der Waals surface area contributed by atoms with Crippen molar-refractivity contribution >= 4 is 34.1 Å². The number of thioether (sulfide) groups is 1. The summed E-state index contributed by atoms with van der Waals surface area (Å²) < 4.78 is 2.08. The molecule has 3 aromatic carbocycles. The number of carbonyl (C=O) groups is 1. The van der Waals surface area contributed by atoms with Crippen molar-refractivity contribution in [3.63, 3.8) is 0 Å². The first-order chi connectivity index (χ1) is 17.2. The number of benzene rings is 3. The number of hydrogen-bond acceptors (Lipinski definition) is 5. The normalized spacial score (nSPS) is 11.9. The lowest BCUT2D eigenvalue weighted by Crippen LogP contribution is -2.23. The van der Waals surface area contributed by atoms with Gasteiger partial charge in [-0.2, -0.15) is 0 Å². The molecule has 0 spiro atoms. The van der Waals surface area contributed by atoms with Gasteiger partial charge in [0.25, 0.3) is 0 Å². The number of hydrogen-bond donors (Lipinski definition) is 1. The Morgan fingerprint density at radius 1 is 0.943 bits per heavy atom. The van der Waals surface area contributed by atoms with Gasteiger partial charge in [0.1, 0.15) is 0 Å². The smallest absolute Gasteiger partial charge is 0.237 e. The number of rotatable bonds is 8. The second kappa shape index (κ2) is 10.5. The van der Waals surface area contributed by atoms with E-state index in [0.29, 0.717) is 11.7 Å². The maximum Gasteiger partial charge on any atom is 0.237 e. The van der Waals surface area contributed by atoms with Crippen molar-refractivity contribution in [2.45, 2.75) is 30.3 Å². The van der Waals surface area contributed by atoms with E-state index in [9.17, 15) is 4.79 Å². The summed E-state index contributed by atoms with van der Waals surface area (Å²) in [5.74, 6) is 0.671. The van der Waals surface area contributed by atoms with E-state index in [4.69, 9.17) is 0 Å². The first-order valence-electron chi connectivity index (χ1n) is 11.5. The Bertz CT molecular complexity index is 1430. The maximum atomic E-state index is 13.1. The van der Waals surface area contributed by atoms with Crippen molar-refractivity contribution in [1.82, 2.24) is 19.7 Å². The number of fused-ring (bicyclic) bond motifs is 1. The van der Waals surface area contributed by atoms with Gasteiger partial charge in [-0.1, -0.05) is 78.5 Å². The topological polar surface area (TPSA) is 72.7 Å². The van der Waals surface area contributed by atoms with Crippen LogP contribution in [0.3, 0.4) is 0 Å². The SMILES string of the molecule is C[C@H](Sc1nnc(-c2cccnc2)n1CCc1ccccc1)C(=O)Nc1cccc2ccccc12. The molecule has 7 heteroatoms. The van der Waals surface area contributed by atoms with Crippen LogP contribution in [0.15, 0.2) is 102 Å². The summed E-state index contributed by atoms with van der Waals surface area (Å²) >= 11 is 1.41. The Kier molecular flexibility index (Phi) is 6.86. The molecule has 0 aliphatic carbocycles. The van der Waals surface area contributed by atoms with E-state index in [1.807, 2.05) is 79.7 Å². The molecule has 0 bridgehead atoms. The molecule has 0 saturated heterocycles. The Hall–Kier alpha value is -3.97. The Balaban J connectivity index is 1.37. The molecular weight excluding hydrogens is 454 g/mol. The molecule has 0 saturated carbocycles. The van der Waals surface area contributed by atoms with Crippen molar-refractivity contribution in [3.8, 4) is 11.4 Å². The third-order valence-electron chi connectivity index (χ3n) is 5.80. The third-order valence-corrected chi connectivity index (χ3v) is 6.88. The first kappa shape index (κ1) is 22.8. The molecule has 5 rings (SSSR count). The molecule has 0 unspecified atom stereocenters. The molecule has 0 radical (unpaired) electrons. The quantitative estimate of drug-likeness (QED) is 0.282. The molecule has 1 atom stereocenters. The fourth-order valence-corrected chi connectivity index (χ4v) is 4.83. The molecule has 2 aromatic heterocycles. The van der Waals surface area contributed by atoms with Gasteiger partial charge in [-0.15, -0.1) is 10.2 Å². The van der Waals surface area contributed by atoms with Crippen molar-refractivity contribution in [1.29, 1.82) is 0 Å². The summed E-state index contributed by atoms with van der Waals surface area (Å²) in [6.45, 7) is 2.59. The van der Waals surface area contributed by atoms with Crippen LogP contribution in [0.5, 0.6) is 0 Å². The van der Waals surface area contributed by atoms with Crippen molar-refractivity contribution in [2.75, 3.05) is 5.32 Å². The average molecular weight is 480 g/mol. The Morgan fingerprint density at radius 2 is 1.74 bits per heavy atom. The lowest BCUT2D eigenvalue weighted by molar-refractivity contribution is -0.115. The molecule has 174 valence electrons. The highest BCUT2D eigenvalue weighted by atomic mass is 32.2. The van der Waals surface area contributed by atoms with E-state index in [1.165, 1.54) is 17.3 Å². The fourth-order valence-electron chi connectivity index (χ4n) is 3.95. The molecule has 1 N–H and O–H groups in total. The number of amides is 1. The number of pyridine rings is 1. The molecule has 0 aliphatic heterocycles. The number of aromatic nitrogens is 4. The van der Waals surface area contributed by atoms with Gasteiger partial charge in [0.05, 0.1) is 5.25 Å². The molecule has 0 fully saturated rings. The average Bonchev–Trinajstić information content (AvgIpc) is 3.31. The van der Waals surface area contributed by atoms with Gasteiger partial charge in [0.2, 0.25) is 5.91 Å². The van der Waals surface area contributed by atoms with Crippen LogP contribution in [0, 0.1) is 0 Å². The lowest BCUT2D eigenvalue weighted by Gasteiger charge is -2.15. The highest BCUT2D eigenvalue weighted by Crippen LogP contribution is 2.29.